The minimum atomic E-state index is -0.628. The van der Waals surface area contributed by atoms with Crippen LogP contribution in [0.2, 0.25) is 0 Å². The largest absolute Gasteiger partial charge is 0.481 e. The summed E-state index contributed by atoms with van der Waals surface area (Å²) in [6.07, 6.45) is 0. The molecule has 10 heteroatoms. The summed E-state index contributed by atoms with van der Waals surface area (Å²) in [5, 5.41) is 0. The molecule has 0 saturated carbocycles. The minimum Gasteiger partial charge on any atom is -0.481 e. The van der Waals surface area contributed by atoms with Crippen molar-refractivity contribution in [2.75, 3.05) is 31.3 Å². The maximum atomic E-state index is 13.0. The number of carbonyl (C=O) groups excluding carboxylic acids is 1. The molecule has 0 amide bonds. The van der Waals surface area contributed by atoms with E-state index in [1.54, 1.807) is 19.0 Å². The topological polar surface area (TPSA) is 103 Å². The lowest BCUT2D eigenvalue weighted by Gasteiger charge is -2.12. The Hall–Kier alpha value is -2.49. The van der Waals surface area contributed by atoms with Gasteiger partial charge in [0, 0.05) is 14.1 Å². The number of ether oxygens (including phenoxy) is 2. The monoisotopic (exact) mass is 399 g/mol. The van der Waals surface area contributed by atoms with Gasteiger partial charge < -0.3 is 20.1 Å². The number of carbonyl (C=O) groups is 1. The number of hydrogen-bond acceptors (Lipinski definition) is 8. The van der Waals surface area contributed by atoms with E-state index in [9.17, 15) is 9.18 Å². The Morgan fingerprint density at radius 3 is 2.75 bits per heavy atom. The van der Waals surface area contributed by atoms with Gasteiger partial charge in [-0.25, -0.2) is 9.18 Å². The van der Waals surface area contributed by atoms with Crippen molar-refractivity contribution in [3.05, 3.63) is 34.3 Å². The molecule has 0 bridgehead atoms. The Kier molecular flexibility index (Phi) is 5.85. The van der Waals surface area contributed by atoms with Crippen molar-refractivity contribution in [3.8, 4) is 5.75 Å². The fourth-order valence-electron chi connectivity index (χ4n) is 1.61. The quantitative estimate of drug-likeness (QED) is 0.729. The fraction of sp³-hybridized carbons (Fsp3) is 0.286. The van der Waals surface area contributed by atoms with E-state index >= 15 is 0 Å². The summed E-state index contributed by atoms with van der Waals surface area (Å²) in [5.74, 6) is -0.0982. The zero-order valence-corrected chi connectivity index (χ0v) is 14.6. The van der Waals surface area contributed by atoms with Gasteiger partial charge in [0.2, 0.25) is 11.9 Å². The molecule has 0 aliphatic carbocycles. The lowest BCUT2D eigenvalue weighted by Crippen LogP contribution is -2.19. The molecule has 0 fully saturated rings. The molecule has 0 aliphatic rings. The van der Waals surface area contributed by atoms with Crippen LogP contribution in [0.1, 0.15) is 5.82 Å². The summed E-state index contributed by atoms with van der Waals surface area (Å²) in [4.78, 5) is 25.3. The highest BCUT2D eigenvalue weighted by atomic mass is 79.9. The first-order valence-electron chi connectivity index (χ1n) is 6.76. The molecule has 1 aromatic carbocycles. The van der Waals surface area contributed by atoms with E-state index in [-0.39, 0.29) is 25.0 Å². The molecule has 0 spiro atoms. The summed E-state index contributed by atoms with van der Waals surface area (Å²) in [6.45, 7) is -0.508. The average molecular weight is 400 g/mol. The number of nitrogens with zero attached hydrogens (tertiary/aromatic N) is 4. The van der Waals surface area contributed by atoms with E-state index < -0.39 is 11.8 Å². The highest BCUT2D eigenvalue weighted by molar-refractivity contribution is 9.10. The van der Waals surface area contributed by atoms with Crippen LogP contribution in [0.25, 0.3) is 0 Å². The van der Waals surface area contributed by atoms with Crippen molar-refractivity contribution in [1.82, 2.24) is 15.0 Å². The summed E-state index contributed by atoms with van der Waals surface area (Å²) >= 11 is 3.14. The first-order chi connectivity index (χ1) is 11.3. The van der Waals surface area contributed by atoms with Crippen molar-refractivity contribution >= 4 is 33.8 Å². The molecule has 0 atom stereocenters. The minimum absolute atomic E-state index is 0.0336. The maximum absolute atomic E-state index is 13.0. The number of nitrogens with two attached hydrogens (primary N) is 1. The maximum Gasteiger partial charge on any atom is 0.344 e. The third kappa shape index (κ3) is 5.01. The van der Waals surface area contributed by atoms with Crippen LogP contribution < -0.4 is 15.4 Å². The molecule has 8 nitrogen and oxygen atoms in total. The number of benzene rings is 1. The molecule has 1 heterocycles. The van der Waals surface area contributed by atoms with Crippen LogP contribution in [0.3, 0.4) is 0 Å². The van der Waals surface area contributed by atoms with Crippen molar-refractivity contribution < 1.29 is 18.7 Å². The molecule has 2 N–H and O–H groups in total. The smallest absolute Gasteiger partial charge is 0.344 e. The van der Waals surface area contributed by atoms with Gasteiger partial charge in [0.25, 0.3) is 0 Å². The predicted octanol–water partition coefficient (Wildman–Crippen LogP) is 1.54. The fourth-order valence-corrected chi connectivity index (χ4v) is 2.07. The molecule has 1 aromatic heterocycles. The van der Waals surface area contributed by atoms with Gasteiger partial charge in [-0.15, -0.1) is 0 Å². The molecule has 2 aromatic rings. The molecule has 128 valence electrons. The van der Waals surface area contributed by atoms with Gasteiger partial charge in [0.05, 0.1) is 4.47 Å². The molecule has 2 rings (SSSR count). The zero-order valence-electron chi connectivity index (χ0n) is 13.0. The molecule has 0 radical (unpaired) electrons. The first kappa shape index (κ1) is 17.9. The van der Waals surface area contributed by atoms with Crippen LogP contribution in [-0.4, -0.2) is 41.6 Å². The van der Waals surface area contributed by atoms with Crippen LogP contribution in [0.5, 0.6) is 5.75 Å². The van der Waals surface area contributed by atoms with Crippen molar-refractivity contribution in [1.29, 1.82) is 0 Å². The van der Waals surface area contributed by atoms with E-state index in [0.29, 0.717) is 16.2 Å². The highest BCUT2D eigenvalue weighted by Crippen LogP contribution is 2.25. The molecule has 0 saturated heterocycles. The van der Waals surface area contributed by atoms with E-state index in [0.717, 1.165) is 0 Å². The summed E-state index contributed by atoms with van der Waals surface area (Å²) in [7, 11) is 3.50. The van der Waals surface area contributed by atoms with Crippen LogP contribution in [0.15, 0.2) is 22.7 Å². The van der Waals surface area contributed by atoms with Crippen molar-refractivity contribution in [3.63, 3.8) is 0 Å². The zero-order chi connectivity index (χ0) is 17.7. The Balaban J connectivity index is 1.89. The molecular weight excluding hydrogens is 385 g/mol. The van der Waals surface area contributed by atoms with Gasteiger partial charge in [-0.3, -0.25) is 0 Å². The van der Waals surface area contributed by atoms with Gasteiger partial charge in [-0.2, -0.15) is 15.0 Å². The van der Waals surface area contributed by atoms with Crippen molar-refractivity contribution in [2.24, 2.45) is 0 Å². The number of nitrogen functional groups attached to an aromatic ring is 1. The van der Waals surface area contributed by atoms with E-state index in [1.165, 1.54) is 18.2 Å². The normalized spacial score (nSPS) is 10.3. The van der Waals surface area contributed by atoms with Gasteiger partial charge >= 0.3 is 5.97 Å². The summed E-state index contributed by atoms with van der Waals surface area (Å²) in [5.41, 5.74) is 5.58. The van der Waals surface area contributed by atoms with Crippen LogP contribution in [0, 0.1) is 5.82 Å². The van der Waals surface area contributed by atoms with E-state index in [4.69, 9.17) is 15.2 Å². The number of halogens is 2. The number of rotatable bonds is 6. The lowest BCUT2D eigenvalue weighted by molar-refractivity contribution is -0.147. The Morgan fingerprint density at radius 1 is 1.33 bits per heavy atom. The predicted molar refractivity (Wildman–Crippen MR) is 88.0 cm³/mol. The molecule has 0 aliphatic heterocycles. The molecule has 24 heavy (non-hydrogen) atoms. The number of aromatic nitrogens is 3. The van der Waals surface area contributed by atoms with Crippen molar-refractivity contribution in [2.45, 2.75) is 6.61 Å². The van der Waals surface area contributed by atoms with Gasteiger partial charge in [0.1, 0.15) is 11.6 Å². The van der Waals surface area contributed by atoms with Gasteiger partial charge in [-0.1, -0.05) is 0 Å². The second-order valence-electron chi connectivity index (χ2n) is 4.83. The second-order valence-corrected chi connectivity index (χ2v) is 5.68. The number of anilines is 2. The van der Waals surface area contributed by atoms with Crippen LogP contribution in [0.4, 0.5) is 16.3 Å². The lowest BCUT2D eigenvalue weighted by atomic mass is 10.3. The number of hydrogen-bond donors (Lipinski definition) is 1. The Bertz CT molecular complexity index is 744. The third-order valence-electron chi connectivity index (χ3n) is 2.69. The molecule has 0 unspecified atom stereocenters. The standard InChI is InChI=1S/C14H15BrFN5O3/c1-21(2)14-19-11(18-13(17)20-14)6-24-12(22)7-23-10-4-3-8(16)5-9(10)15/h3-5H,6-7H2,1-2H3,(H2,17,18,19,20). The first-order valence-corrected chi connectivity index (χ1v) is 7.55. The Labute approximate surface area is 145 Å². The van der Waals surface area contributed by atoms with Crippen LogP contribution >= 0.6 is 15.9 Å². The highest BCUT2D eigenvalue weighted by Gasteiger charge is 2.11. The summed E-state index contributed by atoms with van der Waals surface area (Å²) in [6, 6.07) is 3.86. The average Bonchev–Trinajstić information content (AvgIpc) is 2.51. The van der Waals surface area contributed by atoms with E-state index in [2.05, 4.69) is 30.9 Å². The Morgan fingerprint density at radius 2 is 2.08 bits per heavy atom. The second kappa shape index (κ2) is 7.86. The third-order valence-corrected chi connectivity index (χ3v) is 3.31. The van der Waals surface area contributed by atoms with Gasteiger partial charge in [-0.05, 0) is 34.1 Å². The van der Waals surface area contributed by atoms with Gasteiger partial charge in [0.15, 0.2) is 19.0 Å². The molecular formula is C14H15BrFN5O3. The van der Waals surface area contributed by atoms with Crippen LogP contribution in [-0.2, 0) is 16.1 Å². The van der Waals surface area contributed by atoms with E-state index in [1.807, 2.05) is 0 Å². The number of esters is 1. The summed E-state index contributed by atoms with van der Waals surface area (Å²) < 4.78 is 23.6. The SMILES string of the molecule is CN(C)c1nc(N)nc(COC(=O)COc2ccc(F)cc2Br)n1.